The van der Waals surface area contributed by atoms with E-state index in [0.717, 1.165) is 19.6 Å². The predicted octanol–water partition coefficient (Wildman–Crippen LogP) is 4.17. The van der Waals surface area contributed by atoms with Crippen molar-refractivity contribution in [2.45, 2.75) is 71.4 Å². The van der Waals surface area contributed by atoms with Gasteiger partial charge in [0, 0.05) is 12.6 Å². The summed E-state index contributed by atoms with van der Waals surface area (Å²) in [6, 6.07) is 7.48. The number of hydrogen-bond acceptors (Lipinski definition) is 2. The Morgan fingerprint density at radius 1 is 1.19 bits per heavy atom. The third kappa shape index (κ3) is 5.80. The minimum absolute atomic E-state index is 0.499. The zero-order valence-corrected chi connectivity index (χ0v) is 14.0. The first-order chi connectivity index (χ1) is 10.2. The summed E-state index contributed by atoms with van der Waals surface area (Å²) in [6.07, 6.45) is 7.88. The maximum absolute atomic E-state index is 5.87. The Morgan fingerprint density at radius 2 is 1.95 bits per heavy atom. The Bertz CT molecular complexity index is 403. The van der Waals surface area contributed by atoms with Gasteiger partial charge in [0.25, 0.3) is 0 Å². The van der Waals surface area contributed by atoms with Crippen LogP contribution in [0.25, 0.3) is 0 Å². The van der Waals surface area contributed by atoms with Gasteiger partial charge in [0.1, 0.15) is 0 Å². The van der Waals surface area contributed by atoms with Crippen LogP contribution in [0.15, 0.2) is 18.2 Å². The second-order valence-electron chi connectivity index (χ2n) is 6.52. The molecule has 0 radical (unpaired) electrons. The van der Waals surface area contributed by atoms with E-state index in [-0.39, 0.29) is 0 Å². The van der Waals surface area contributed by atoms with Gasteiger partial charge in [0.15, 0.2) is 0 Å². The van der Waals surface area contributed by atoms with E-state index in [2.05, 4.69) is 44.3 Å². The van der Waals surface area contributed by atoms with Crippen LogP contribution < -0.4 is 5.32 Å². The molecule has 2 nitrogen and oxygen atoms in total. The molecule has 21 heavy (non-hydrogen) atoms. The van der Waals surface area contributed by atoms with E-state index < -0.39 is 0 Å². The Kier molecular flexibility index (Phi) is 6.72. The molecule has 0 saturated carbocycles. The molecular formula is C19H31NO. The highest BCUT2D eigenvalue weighted by atomic mass is 16.5. The summed E-state index contributed by atoms with van der Waals surface area (Å²) < 4.78 is 5.87. The Balaban J connectivity index is 1.88. The molecule has 1 aliphatic heterocycles. The summed E-state index contributed by atoms with van der Waals surface area (Å²) in [4.78, 5) is 0. The Hall–Kier alpha value is -0.860. The number of aryl methyl sites for hydroxylation is 2. The fraction of sp³-hybridized carbons (Fsp3) is 0.684. The number of hydrogen-bond donors (Lipinski definition) is 1. The number of nitrogens with one attached hydrogen (secondary N) is 1. The Labute approximate surface area is 130 Å². The molecule has 0 spiro atoms. The minimum Gasteiger partial charge on any atom is -0.378 e. The van der Waals surface area contributed by atoms with Crippen molar-refractivity contribution < 1.29 is 4.74 Å². The molecule has 1 aliphatic rings. The molecule has 1 aromatic carbocycles. The van der Waals surface area contributed by atoms with Gasteiger partial charge in [-0.1, -0.05) is 36.2 Å². The van der Waals surface area contributed by atoms with E-state index in [0.29, 0.717) is 12.1 Å². The van der Waals surface area contributed by atoms with E-state index in [1.54, 1.807) is 0 Å². The van der Waals surface area contributed by atoms with Gasteiger partial charge < -0.3 is 10.1 Å². The van der Waals surface area contributed by atoms with Crippen molar-refractivity contribution in [1.29, 1.82) is 0 Å². The summed E-state index contributed by atoms with van der Waals surface area (Å²) in [6.45, 7) is 8.59. The standard InChI is InChI=1S/C19H31NO/c1-4-20-18(8-9-19-7-5-6-10-21-19)14-17-12-15(2)11-16(3)13-17/h11-13,18-20H,4-10,14H2,1-3H3. The van der Waals surface area contributed by atoms with Crippen LogP contribution in [0.1, 0.15) is 55.7 Å². The second kappa shape index (κ2) is 8.55. The van der Waals surface area contributed by atoms with Crippen LogP contribution in [0.3, 0.4) is 0 Å². The zero-order chi connectivity index (χ0) is 15.1. The predicted molar refractivity (Wildman–Crippen MR) is 89.9 cm³/mol. The van der Waals surface area contributed by atoms with Gasteiger partial charge in [-0.2, -0.15) is 0 Å². The largest absolute Gasteiger partial charge is 0.378 e. The average molecular weight is 289 g/mol. The normalized spacial score (nSPS) is 20.4. The average Bonchev–Trinajstić information content (AvgIpc) is 2.45. The lowest BCUT2D eigenvalue weighted by Crippen LogP contribution is -2.32. The van der Waals surface area contributed by atoms with Crippen LogP contribution in [0.4, 0.5) is 0 Å². The minimum atomic E-state index is 0.499. The van der Waals surface area contributed by atoms with Crippen molar-refractivity contribution in [3.05, 3.63) is 34.9 Å². The molecule has 0 amide bonds. The fourth-order valence-electron chi connectivity index (χ4n) is 3.46. The number of ether oxygens (including phenoxy) is 1. The summed E-state index contributed by atoms with van der Waals surface area (Å²) in [5.41, 5.74) is 4.20. The van der Waals surface area contributed by atoms with Gasteiger partial charge in [-0.25, -0.2) is 0 Å². The van der Waals surface area contributed by atoms with E-state index in [1.807, 2.05) is 0 Å². The molecule has 0 aliphatic carbocycles. The van der Waals surface area contributed by atoms with Crippen LogP contribution >= 0.6 is 0 Å². The van der Waals surface area contributed by atoms with Crippen LogP contribution in [-0.4, -0.2) is 25.3 Å². The first-order valence-electron chi connectivity index (χ1n) is 8.59. The van der Waals surface area contributed by atoms with Crippen molar-refractivity contribution in [3.8, 4) is 0 Å². The molecule has 1 fully saturated rings. The molecular weight excluding hydrogens is 258 g/mol. The van der Waals surface area contributed by atoms with Gasteiger partial charge in [-0.3, -0.25) is 0 Å². The Morgan fingerprint density at radius 3 is 2.57 bits per heavy atom. The third-order valence-corrected chi connectivity index (χ3v) is 4.37. The summed E-state index contributed by atoms with van der Waals surface area (Å²) in [7, 11) is 0. The molecule has 2 unspecified atom stereocenters. The van der Waals surface area contributed by atoms with Crippen LogP contribution in [0.2, 0.25) is 0 Å². The van der Waals surface area contributed by atoms with Gasteiger partial charge in [0.05, 0.1) is 6.10 Å². The molecule has 2 rings (SSSR count). The molecule has 1 aromatic rings. The quantitative estimate of drug-likeness (QED) is 0.813. The van der Waals surface area contributed by atoms with Crippen molar-refractivity contribution >= 4 is 0 Å². The number of benzene rings is 1. The van der Waals surface area contributed by atoms with E-state index in [1.165, 1.54) is 48.8 Å². The maximum Gasteiger partial charge on any atom is 0.0575 e. The SMILES string of the molecule is CCNC(CCC1CCCCO1)Cc1cc(C)cc(C)c1. The molecule has 1 saturated heterocycles. The number of rotatable bonds is 7. The molecule has 1 N–H and O–H groups in total. The molecule has 0 aromatic heterocycles. The summed E-state index contributed by atoms with van der Waals surface area (Å²) in [5.74, 6) is 0. The van der Waals surface area contributed by atoms with Gasteiger partial charge in [-0.05, 0) is 64.5 Å². The summed E-state index contributed by atoms with van der Waals surface area (Å²) in [5, 5.41) is 3.65. The molecule has 1 heterocycles. The molecule has 2 heteroatoms. The smallest absolute Gasteiger partial charge is 0.0575 e. The first-order valence-corrected chi connectivity index (χ1v) is 8.59. The lowest BCUT2D eigenvalue weighted by molar-refractivity contribution is 0.00860. The highest BCUT2D eigenvalue weighted by Gasteiger charge is 2.16. The lowest BCUT2D eigenvalue weighted by Gasteiger charge is -2.25. The van der Waals surface area contributed by atoms with Crippen molar-refractivity contribution in [2.24, 2.45) is 0 Å². The van der Waals surface area contributed by atoms with Crippen molar-refractivity contribution in [2.75, 3.05) is 13.2 Å². The fourth-order valence-corrected chi connectivity index (χ4v) is 3.46. The van der Waals surface area contributed by atoms with Crippen molar-refractivity contribution in [3.63, 3.8) is 0 Å². The van der Waals surface area contributed by atoms with Crippen molar-refractivity contribution in [1.82, 2.24) is 5.32 Å². The number of likely N-dealkylation sites (N-methyl/N-ethyl adjacent to an activating group) is 1. The second-order valence-corrected chi connectivity index (χ2v) is 6.52. The van der Waals surface area contributed by atoms with E-state index in [4.69, 9.17) is 4.74 Å². The van der Waals surface area contributed by atoms with Gasteiger partial charge in [0.2, 0.25) is 0 Å². The third-order valence-electron chi connectivity index (χ3n) is 4.37. The highest BCUT2D eigenvalue weighted by Crippen LogP contribution is 2.19. The monoisotopic (exact) mass is 289 g/mol. The molecule has 0 bridgehead atoms. The molecule has 2 atom stereocenters. The zero-order valence-electron chi connectivity index (χ0n) is 14.0. The van der Waals surface area contributed by atoms with Gasteiger partial charge >= 0.3 is 0 Å². The van der Waals surface area contributed by atoms with Gasteiger partial charge in [-0.15, -0.1) is 0 Å². The highest BCUT2D eigenvalue weighted by molar-refractivity contribution is 5.29. The maximum atomic E-state index is 5.87. The summed E-state index contributed by atoms with van der Waals surface area (Å²) >= 11 is 0. The van der Waals surface area contributed by atoms with E-state index in [9.17, 15) is 0 Å². The van der Waals surface area contributed by atoms with E-state index >= 15 is 0 Å². The lowest BCUT2D eigenvalue weighted by atomic mass is 9.96. The first kappa shape index (κ1) is 16.5. The van der Waals surface area contributed by atoms with Crippen LogP contribution in [0.5, 0.6) is 0 Å². The topological polar surface area (TPSA) is 21.3 Å². The van der Waals surface area contributed by atoms with Crippen LogP contribution in [0, 0.1) is 13.8 Å². The van der Waals surface area contributed by atoms with Crippen LogP contribution in [-0.2, 0) is 11.2 Å². The molecule has 118 valence electrons.